The molecule has 2 amide bonds. The molecule has 1 atom stereocenters. The van der Waals surface area contributed by atoms with E-state index in [1.807, 2.05) is 48.5 Å². The highest BCUT2D eigenvalue weighted by atomic mass is 16.4. The van der Waals surface area contributed by atoms with Crippen LogP contribution in [-0.4, -0.2) is 65.4 Å². The third-order valence-corrected chi connectivity index (χ3v) is 6.56. The van der Waals surface area contributed by atoms with Crippen molar-refractivity contribution in [3.8, 4) is 0 Å². The van der Waals surface area contributed by atoms with Crippen LogP contribution in [0.3, 0.4) is 0 Å². The van der Waals surface area contributed by atoms with Gasteiger partial charge in [-0.2, -0.15) is 0 Å². The molecule has 0 radical (unpaired) electrons. The summed E-state index contributed by atoms with van der Waals surface area (Å²) in [5.74, 6) is -1.48. The largest absolute Gasteiger partial charge is 0.475 e. The fraction of sp³-hybridized carbons (Fsp3) is 0.423. The minimum atomic E-state index is -1.74. The number of hydrogen-bond donors (Lipinski definition) is 5. The Bertz CT molecular complexity index is 1010. The van der Waals surface area contributed by atoms with Crippen molar-refractivity contribution in [1.82, 2.24) is 10.2 Å². The lowest BCUT2D eigenvalue weighted by atomic mass is 9.76. The molecule has 2 aromatic rings. The summed E-state index contributed by atoms with van der Waals surface area (Å²) in [5.41, 5.74) is 12.7. The second kappa shape index (κ2) is 13.1. The molecule has 192 valence electrons. The summed E-state index contributed by atoms with van der Waals surface area (Å²) >= 11 is 0. The minimum Gasteiger partial charge on any atom is -0.426 e. The number of hydrogen-bond acceptors (Lipinski definition) is 5. The van der Waals surface area contributed by atoms with Crippen LogP contribution < -0.4 is 16.8 Å². The quantitative estimate of drug-likeness (QED) is 0.113. The first kappa shape index (κ1) is 27.2. The standard InChI is InChI=1S/C26H36BN5O4/c28-25(29)30-17-7-12-22(27(35)36)31-23(33)18-32(24(34)14-13-20-8-3-1-4-9-20)19-26(15-16-26)21-10-5-2-6-11-21/h1-6,8-11,22,35-36H,7,12-19H2,(H,31,33)(H4,28,29,30). The number of rotatable bonds is 14. The topological polar surface area (TPSA) is 154 Å². The second-order valence-corrected chi connectivity index (χ2v) is 9.42. The summed E-state index contributed by atoms with van der Waals surface area (Å²) in [7, 11) is -1.74. The molecular formula is C26H36BN5O4. The third-order valence-electron chi connectivity index (χ3n) is 6.56. The zero-order valence-electron chi connectivity index (χ0n) is 20.6. The molecule has 0 bridgehead atoms. The highest BCUT2D eigenvalue weighted by Gasteiger charge is 2.46. The van der Waals surface area contributed by atoms with Crippen LogP contribution in [0.1, 0.15) is 43.2 Å². The number of amides is 2. The highest BCUT2D eigenvalue weighted by molar-refractivity contribution is 6.43. The number of benzene rings is 2. The zero-order chi connectivity index (χ0) is 26.0. The van der Waals surface area contributed by atoms with E-state index in [0.29, 0.717) is 25.9 Å². The highest BCUT2D eigenvalue weighted by Crippen LogP contribution is 2.48. The molecule has 1 aliphatic carbocycles. The fourth-order valence-electron chi connectivity index (χ4n) is 4.37. The Balaban J connectivity index is 1.66. The molecule has 1 fully saturated rings. The van der Waals surface area contributed by atoms with Crippen LogP contribution in [0.4, 0.5) is 0 Å². The van der Waals surface area contributed by atoms with E-state index in [0.717, 1.165) is 24.0 Å². The zero-order valence-corrected chi connectivity index (χ0v) is 20.6. The average Bonchev–Trinajstić information content (AvgIpc) is 3.65. The van der Waals surface area contributed by atoms with E-state index < -0.39 is 19.0 Å². The lowest BCUT2D eigenvalue weighted by Gasteiger charge is -2.29. The van der Waals surface area contributed by atoms with E-state index in [-0.39, 0.29) is 36.7 Å². The second-order valence-electron chi connectivity index (χ2n) is 9.42. The van der Waals surface area contributed by atoms with Crippen molar-refractivity contribution in [3.05, 3.63) is 71.8 Å². The fourth-order valence-corrected chi connectivity index (χ4v) is 4.37. The summed E-state index contributed by atoms with van der Waals surface area (Å²) in [4.78, 5) is 31.7. The Labute approximate surface area is 212 Å². The molecule has 0 aliphatic heterocycles. The number of nitrogens with zero attached hydrogens (tertiary/aromatic N) is 2. The molecule has 1 unspecified atom stereocenters. The smallest absolute Gasteiger partial charge is 0.426 e. The van der Waals surface area contributed by atoms with Crippen molar-refractivity contribution in [1.29, 1.82) is 0 Å². The van der Waals surface area contributed by atoms with Gasteiger partial charge < -0.3 is 31.7 Å². The third kappa shape index (κ3) is 8.39. The van der Waals surface area contributed by atoms with Crippen molar-refractivity contribution in [2.24, 2.45) is 16.5 Å². The van der Waals surface area contributed by atoms with Crippen molar-refractivity contribution >= 4 is 24.9 Å². The maximum atomic E-state index is 13.3. The lowest BCUT2D eigenvalue weighted by Crippen LogP contribution is -2.51. The molecule has 1 saturated carbocycles. The monoisotopic (exact) mass is 493 g/mol. The van der Waals surface area contributed by atoms with E-state index in [9.17, 15) is 19.6 Å². The molecule has 0 saturated heterocycles. The van der Waals surface area contributed by atoms with Gasteiger partial charge in [0.05, 0.1) is 12.5 Å². The van der Waals surface area contributed by atoms with Crippen molar-refractivity contribution < 1.29 is 19.6 Å². The molecule has 2 aromatic carbocycles. The Morgan fingerprint density at radius 1 is 1.06 bits per heavy atom. The molecule has 36 heavy (non-hydrogen) atoms. The first-order chi connectivity index (χ1) is 17.3. The average molecular weight is 493 g/mol. The van der Waals surface area contributed by atoms with Gasteiger partial charge in [-0.3, -0.25) is 14.6 Å². The van der Waals surface area contributed by atoms with Crippen LogP contribution in [0.15, 0.2) is 65.7 Å². The molecule has 0 spiro atoms. The molecule has 10 heteroatoms. The minimum absolute atomic E-state index is 0.0442. The van der Waals surface area contributed by atoms with Gasteiger partial charge in [-0.1, -0.05) is 60.7 Å². The van der Waals surface area contributed by atoms with E-state index in [4.69, 9.17) is 11.5 Å². The van der Waals surface area contributed by atoms with Crippen LogP contribution >= 0.6 is 0 Å². The van der Waals surface area contributed by atoms with E-state index in [1.165, 1.54) is 0 Å². The van der Waals surface area contributed by atoms with Gasteiger partial charge >= 0.3 is 7.12 Å². The Hall–Kier alpha value is -3.37. The van der Waals surface area contributed by atoms with E-state index in [2.05, 4.69) is 22.4 Å². The molecule has 0 aromatic heterocycles. The number of aryl methyl sites for hydroxylation is 1. The van der Waals surface area contributed by atoms with E-state index in [1.54, 1.807) is 4.90 Å². The number of nitrogens with two attached hydrogens (primary N) is 2. The van der Waals surface area contributed by atoms with Gasteiger partial charge in [0.25, 0.3) is 0 Å². The van der Waals surface area contributed by atoms with Gasteiger partial charge in [-0.25, -0.2) is 0 Å². The first-order valence-corrected chi connectivity index (χ1v) is 12.4. The summed E-state index contributed by atoms with van der Waals surface area (Å²) < 4.78 is 0. The Kier molecular flexibility index (Phi) is 9.90. The van der Waals surface area contributed by atoms with Crippen LogP contribution in [0.5, 0.6) is 0 Å². The molecule has 0 heterocycles. The van der Waals surface area contributed by atoms with Gasteiger partial charge in [-0.05, 0) is 43.2 Å². The van der Waals surface area contributed by atoms with Gasteiger partial charge in [0.2, 0.25) is 11.8 Å². The predicted molar refractivity (Wildman–Crippen MR) is 141 cm³/mol. The summed E-state index contributed by atoms with van der Waals surface area (Å²) in [6.45, 7) is 0.597. The van der Waals surface area contributed by atoms with E-state index >= 15 is 0 Å². The Morgan fingerprint density at radius 2 is 1.69 bits per heavy atom. The van der Waals surface area contributed by atoms with Crippen LogP contribution in [0.25, 0.3) is 0 Å². The normalized spacial score (nSPS) is 14.4. The number of carbonyl (C=O) groups is 2. The molecule has 3 rings (SSSR count). The molecule has 7 N–H and O–H groups in total. The maximum absolute atomic E-state index is 13.3. The predicted octanol–water partition coefficient (Wildman–Crippen LogP) is 0.730. The molecular weight excluding hydrogens is 457 g/mol. The van der Waals surface area contributed by atoms with Crippen LogP contribution in [0.2, 0.25) is 0 Å². The number of aliphatic imine (C=N–C) groups is 1. The van der Waals surface area contributed by atoms with Gasteiger partial charge in [0, 0.05) is 24.9 Å². The van der Waals surface area contributed by atoms with Crippen LogP contribution in [0, 0.1) is 0 Å². The lowest BCUT2D eigenvalue weighted by molar-refractivity contribution is -0.136. The maximum Gasteiger partial charge on any atom is 0.475 e. The summed E-state index contributed by atoms with van der Waals surface area (Å²) in [6, 6.07) is 19.8. The molecule has 1 aliphatic rings. The van der Waals surface area contributed by atoms with Gasteiger partial charge in [0.1, 0.15) is 0 Å². The SMILES string of the molecule is NC(N)=NCCCC(NC(=O)CN(CC1(c2ccccc2)CC1)C(=O)CCc1ccccc1)B(O)O. The number of nitrogens with one attached hydrogen (secondary N) is 1. The van der Waals surface area contributed by atoms with Crippen molar-refractivity contribution in [2.45, 2.75) is 49.9 Å². The van der Waals surface area contributed by atoms with Crippen molar-refractivity contribution in [2.75, 3.05) is 19.6 Å². The summed E-state index contributed by atoms with van der Waals surface area (Å²) in [5, 5.41) is 22.2. The van der Waals surface area contributed by atoms with Crippen molar-refractivity contribution in [3.63, 3.8) is 0 Å². The van der Waals surface area contributed by atoms with Gasteiger partial charge in [-0.15, -0.1) is 0 Å². The number of carbonyl (C=O) groups excluding carboxylic acids is 2. The van der Waals surface area contributed by atoms with Crippen LogP contribution in [-0.2, 0) is 21.4 Å². The Morgan fingerprint density at radius 3 is 2.28 bits per heavy atom. The van der Waals surface area contributed by atoms with Gasteiger partial charge in [0.15, 0.2) is 5.96 Å². The summed E-state index contributed by atoms with van der Waals surface area (Å²) in [6.07, 6.45) is 3.49. The number of guanidine groups is 1. The first-order valence-electron chi connectivity index (χ1n) is 12.4. The molecule has 9 nitrogen and oxygen atoms in total.